The van der Waals surface area contributed by atoms with Crippen LogP contribution >= 0.6 is 15.9 Å². The third-order valence-corrected chi connectivity index (χ3v) is 5.14. The van der Waals surface area contributed by atoms with Gasteiger partial charge in [-0.3, -0.25) is 0 Å². The second kappa shape index (κ2) is 5.45. The molecule has 0 aromatic heterocycles. The highest BCUT2D eigenvalue weighted by Gasteiger charge is 2.34. The molecule has 2 aliphatic rings. The van der Waals surface area contributed by atoms with E-state index in [0.29, 0.717) is 5.92 Å². The maximum atomic E-state index is 10.3. The fraction of sp³-hybridized carbons (Fsp3) is 0.625. The van der Waals surface area contributed by atoms with Crippen molar-refractivity contribution in [2.45, 2.75) is 51.2 Å². The first-order chi connectivity index (χ1) is 9.13. The minimum Gasteiger partial charge on any atom is -0.490 e. The quantitative estimate of drug-likeness (QED) is 0.826. The molecule has 0 bridgehead atoms. The Hall–Kier alpha value is -0.540. The molecule has 1 heterocycles. The molecule has 1 fully saturated rings. The lowest BCUT2D eigenvalue weighted by Gasteiger charge is -2.37. The highest BCUT2D eigenvalue weighted by atomic mass is 79.9. The van der Waals surface area contributed by atoms with Gasteiger partial charge in [-0.25, -0.2) is 0 Å². The molecule has 1 unspecified atom stereocenters. The average molecular weight is 325 g/mol. The van der Waals surface area contributed by atoms with Gasteiger partial charge in [0.2, 0.25) is 0 Å². The second-order valence-corrected chi connectivity index (χ2v) is 7.03. The summed E-state index contributed by atoms with van der Waals surface area (Å²) in [6.07, 6.45) is 5.63. The standard InChI is InChI=1S/C16H21BrO2/c1-10-2-4-11(5-3-10)16-9-14(18)13-8-12(17)6-7-15(13)19-16/h6-8,10-11,14,16,18H,2-5,9H2,1H3/t10?,11?,14-,16?/m1/s1. The lowest BCUT2D eigenvalue weighted by molar-refractivity contribution is 0.0194. The average Bonchev–Trinajstić information content (AvgIpc) is 2.40. The summed E-state index contributed by atoms with van der Waals surface area (Å²) >= 11 is 3.45. The molecule has 0 saturated heterocycles. The lowest BCUT2D eigenvalue weighted by atomic mass is 9.78. The molecule has 0 amide bonds. The van der Waals surface area contributed by atoms with E-state index in [4.69, 9.17) is 4.74 Å². The largest absolute Gasteiger partial charge is 0.490 e. The molecule has 1 aromatic carbocycles. The van der Waals surface area contributed by atoms with Crippen molar-refractivity contribution in [3.05, 3.63) is 28.2 Å². The van der Waals surface area contributed by atoms with Crippen LogP contribution in [0.2, 0.25) is 0 Å². The number of aliphatic hydroxyl groups is 1. The molecule has 1 aliphatic carbocycles. The monoisotopic (exact) mass is 324 g/mol. The number of hydrogen-bond acceptors (Lipinski definition) is 2. The number of hydrogen-bond donors (Lipinski definition) is 1. The summed E-state index contributed by atoms with van der Waals surface area (Å²) in [5.74, 6) is 2.33. The van der Waals surface area contributed by atoms with Crippen molar-refractivity contribution < 1.29 is 9.84 Å². The van der Waals surface area contributed by atoms with Crippen molar-refractivity contribution in [2.24, 2.45) is 11.8 Å². The molecule has 0 radical (unpaired) electrons. The topological polar surface area (TPSA) is 29.5 Å². The van der Waals surface area contributed by atoms with Crippen molar-refractivity contribution in [1.82, 2.24) is 0 Å². The summed E-state index contributed by atoms with van der Waals surface area (Å²) in [4.78, 5) is 0. The third kappa shape index (κ3) is 2.82. The van der Waals surface area contributed by atoms with Crippen LogP contribution in [-0.2, 0) is 0 Å². The minimum atomic E-state index is -0.384. The zero-order chi connectivity index (χ0) is 13.4. The molecule has 19 heavy (non-hydrogen) atoms. The molecule has 2 nitrogen and oxygen atoms in total. The van der Waals surface area contributed by atoms with Gasteiger partial charge < -0.3 is 9.84 Å². The Bertz CT molecular complexity index is 452. The van der Waals surface area contributed by atoms with Gasteiger partial charge in [-0.15, -0.1) is 0 Å². The van der Waals surface area contributed by atoms with Crippen molar-refractivity contribution in [1.29, 1.82) is 0 Å². The predicted molar refractivity (Wildman–Crippen MR) is 79.3 cm³/mol. The minimum absolute atomic E-state index is 0.191. The highest BCUT2D eigenvalue weighted by molar-refractivity contribution is 9.10. The van der Waals surface area contributed by atoms with Crippen molar-refractivity contribution in [2.75, 3.05) is 0 Å². The van der Waals surface area contributed by atoms with E-state index in [1.165, 1.54) is 25.7 Å². The molecule has 104 valence electrons. The first-order valence-corrected chi connectivity index (χ1v) is 8.07. The number of rotatable bonds is 1. The summed E-state index contributed by atoms with van der Waals surface area (Å²) in [6, 6.07) is 5.93. The zero-order valence-corrected chi connectivity index (χ0v) is 12.9. The fourth-order valence-corrected chi connectivity index (χ4v) is 3.77. The van der Waals surface area contributed by atoms with E-state index in [1.54, 1.807) is 0 Å². The van der Waals surface area contributed by atoms with Crippen molar-refractivity contribution in [3.8, 4) is 5.75 Å². The number of benzene rings is 1. The first kappa shape index (κ1) is 13.4. The SMILES string of the molecule is CC1CCC(C2C[C@@H](O)c3cc(Br)ccc3O2)CC1. The second-order valence-electron chi connectivity index (χ2n) is 6.11. The maximum absolute atomic E-state index is 10.3. The van der Waals surface area contributed by atoms with Gasteiger partial charge in [0.05, 0.1) is 6.10 Å². The summed E-state index contributed by atoms with van der Waals surface area (Å²) in [5.41, 5.74) is 0.926. The Balaban J connectivity index is 1.75. The molecule has 3 heteroatoms. The van der Waals surface area contributed by atoms with E-state index in [2.05, 4.69) is 22.9 Å². The Morgan fingerprint density at radius 3 is 2.68 bits per heavy atom. The van der Waals surface area contributed by atoms with Crippen molar-refractivity contribution >= 4 is 15.9 Å². The Labute approximate surface area is 123 Å². The molecule has 0 spiro atoms. The summed E-state index contributed by atoms with van der Waals surface area (Å²) in [7, 11) is 0. The zero-order valence-electron chi connectivity index (χ0n) is 11.3. The van der Waals surface area contributed by atoms with Crippen molar-refractivity contribution in [3.63, 3.8) is 0 Å². The smallest absolute Gasteiger partial charge is 0.125 e. The number of fused-ring (bicyclic) bond motifs is 1. The van der Waals surface area contributed by atoms with Gasteiger partial charge in [-0.1, -0.05) is 35.7 Å². The van der Waals surface area contributed by atoms with E-state index in [-0.39, 0.29) is 12.2 Å². The van der Waals surface area contributed by atoms with E-state index in [1.807, 2.05) is 18.2 Å². The molecule has 1 N–H and O–H groups in total. The highest BCUT2D eigenvalue weighted by Crippen LogP contribution is 2.41. The predicted octanol–water partition coefficient (Wildman–Crippen LogP) is 4.46. The van der Waals surface area contributed by atoms with Gasteiger partial charge >= 0.3 is 0 Å². The molecular weight excluding hydrogens is 304 g/mol. The van der Waals surface area contributed by atoms with Crippen LogP contribution in [0.4, 0.5) is 0 Å². The van der Waals surface area contributed by atoms with Gasteiger partial charge in [0, 0.05) is 16.5 Å². The van der Waals surface area contributed by atoms with Crippen LogP contribution in [-0.4, -0.2) is 11.2 Å². The number of halogens is 1. The van der Waals surface area contributed by atoms with E-state index in [9.17, 15) is 5.11 Å². The Kier molecular flexibility index (Phi) is 3.86. The van der Waals surface area contributed by atoms with Gasteiger partial charge in [-0.2, -0.15) is 0 Å². The Morgan fingerprint density at radius 1 is 1.21 bits per heavy atom. The van der Waals surface area contributed by atoms with E-state index in [0.717, 1.165) is 28.1 Å². The molecule has 2 atom stereocenters. The van der Waals surface area contributed by atoms with Crippen LogP contribution in [0.15, 0.2) is 22.7 Å². The number of ether oxygens (including phenoxy) is 1. The first-order valence-electron chi connectivity index (χ1n) is 7.27. The van der Waals surface area contributed by atoms with Crippen LogP contribution < -0.4 is 4.74 Å². The molecule has 3 rings (SSSR count). The van der Waals surface area contributed by atoms with Crippen LogP contribution in [0.5, 0.6) is 5.75 Å². The van der Waals surface area contributed by atoms with E-state index < -0.39 is 0 Å². The lowest BCUT2D eigenvalue weighted by Crippen LogP contribution is -2.34. The van der Waals surface area contributed by atoms with Gasteiger partial charge in [0.15, 0.2) is 0 Å². The van der Waals surface area contributed by atoms with Crippen LogP contribution in [0.1, 0.15) is 50.7 Å². The summed E-state index contributed by atoms with van der Waals surface area (Å²) < 4.78 is 7.15. The van der Waals surface area contributed by atoms with Gasteiger partial charge in [0.25, 0.3) is 0 Å². The molecule has 1 aromatic rings. The van der Waals surface area contributed by atoms with Crippen LogP contribution in [0.3, 0.4) is 0 Å². The normalized spacial score (nSPS) is 34.5. The molecular formula is C16H21BrO2. The Morgan fingerprint density at radius 2 is 1.95 bits per heavy atom. The van der Waals surface area contributed by atoms with Crippen LogP contribution in [0, 0.1) is 11.8 Å². The fourth-order valence-electron chi connectivity index (χ4n) is 3.39. The molecule has 1 saturated carbocycles. The third-order valence-electron chi connectivity index (χ3n) is 4.65. The maximum Gasteiger partial charge on any atom is 0.125 e. The molecule has 1 aliphatic heterocycles. The van der Waals surface area contributed by atoms with Gasteiger partial charge in [-0.05, 0) is 42.9 Å². The van der Waals surface area contributed by atoms with Gasteiger partial charge in [0.1, 0.15) is 11.9 Å². The number of aliphatic hydroxyl groups excluding tert-OH is 1. The summed E-state index contributed by atoms with van der Waals surface area (Å²) in [5, 5.41) is 10.3. The van der Waals surface area contributed by atoms with E-state index >= 15 is 0 Å². The van der Waals surface area contributed by atoms with Crippen LogP contribution in [0.25, 0.3) is 0 Å². The summed E-state index contributed by atoms with van der Waals surface area (Å²) in [6.45, 7) is 2.33.